The van der Waals surface area contributed by atoms with Crippen molar-refractivity contribution in [2.45, 2.75) is 0 Å². The lowest BCUT2D eigenvalue weighted by molar-refractivity contribution is -0.117. The van der Waals surface area contributed by atoms with E-state index in [-0.39, 0.29) is 11.8 Å². The molecule has 7 heterocycles. The van der Waals surface area contributed by atoms with Crippen LogP contribution in [0.15, 0.2) is 59.1 Å². The van der Waals surface area contributed by atoms with E-state index in [0.29, 0.717) is 22.5 Å². The Labute approximate surface area is 189 Å². The number of rotatable bonds is 3. The molecule has 0 aliphatic carbocycles. The molecule has 0 radical (unpaired) electrons. The Kier molecular flexibility index (Phi) is 3.41. The van der Waals surface area contributed by atoms with Gasteiger partial charge in [-0.25, -0.2) is 0 Å². The summed E-state index contributed by atoms with van der Waals surface area (Å²) in [5.41, 5.74) is 7.44. The first-order chi connectivity index (χ1) is 15.6. The maximum Gasteiger partial charge on any atom is 0.258 e. The number of aromatic amines is 2. The van der Waals surface area contributed by atoms with Crippen molar-refractivity contribution in [2.75, 3.05) is 0 Å². The first kappa shape index (κ1) is 17.8. The predicted molar refractivity (Wildman–Crippen MR) is 127 cm³/mol. The Hall–Kier alpha value is -3.82. The number of H-pyrrole nitrogens is 2. The summed E-state index contributed by atoms with van der Waals surface area (Å²) in [5, 5.41) is 7.74. The van der Waals surface area contributed by atoms with E-state index in [1.165, 1.54) is 11.3 Å². The number of hydrogen-bond acceptors (Lipinski definition) is 4. The van der Waals surface area contributed by atoms with Crippen molar-refractivity contribution in [2.24, 2.45) is 7.05 Å². The number of fused-ring (bicyclic) bond motifs is 4. The molecule has 0 unspecified atom stereocenters. The van der Waals surface area contributed by atoms with E-state index in [2.05, 4.69) is 37.3 Å². The molecule has 32 heavy (non-hydrogen) atoms. The zero-order valence-electron chi connectivity index (χ0n) is 16.7. The minimum atomic E-state index is -0.244. The van der Waals surface area contributed by atoms with Crippen LogP contribution < -0.4 is 10.6 Å². The van der Waals surface area contributed by atoms with Crippen LogP contribution in [0.25, 0.3) is 44.0 Å². The van der Waals surface area contributed by atoms with Crippen LogP contribution in [0, 0.1) is 0 Å². The monoisotopic (exact) mass is 457 g/mol. The highest BCUT2D eigenvalue weighted by atomic mass is 32.1. The summed E-state index contributed by atoms with van der Waals surface area (Å²) in [4.78, 5) is 35.1. The van der Waals surface area contributed by atoms with E-state index < -0.39 is 0 Å². The fourth-order valence-corrected chi connectivity index (χ4v) is 6.31. The molecule has 2 aliphatic heterocycles. The van der Waals surface area contributed by atoms with Gasteiger partial charge in [-0.3, -0.25) is 9.59 Å². The second-order valence-corrected chi connectivity index (χ2v) is 9.82. The number of thiophene rings is 2. The molecule has 0 aromatic carbocycles. The first-order valence-corrected chi connectivity index (χ1v) is 11.7. The zero-order valence-corrected chi connectivity index (χ0v) is 18.3. The number of nitrogens with one attached hydrogen (secondary N) is 4. The second-order valence-electron chi connectivity index (χ2n) is 7.79. The van der Waals surface area contributed by atoms with Crippen molar-refractivity contribution < 1.29 is 9.59 Å². The summed E-state index contributed by atoms with van der Waals surface area (Å²) in [6.07, 6.45) is 1.94. The third-order valence-electron chi connectivity index (χ3n) is 6.06. The minimum absolute atomic E-state index is 0.244. The van der Waals surface area contributed by atoms with Crippen LogP contribution in [-0.2, 0) is 16.6 Å². The van der Waals surface area contributed by atoms with E-state index in [0.717, 1.165) is 42.4 Å². The van der Waals surface area contributed by atoms with Gasteiger partial charge in [0.15, 0.2) is 0 Å². The molecule has 5 aromatic heterocycles. The smallest absolute Gasteiger partial charge is 0.258 e. The Bertz CT molecular complexity index is 1670. The number of hydrogen-bond donors (Lipinski definition) is 4. The molecule has 7 rings (SSSR count). The SMILES string of the molecule is Cn1c2cc[nH]c2c2[nH]c(-c3ccc(C4=C5C(=O)NC(c6cccs6)=C5C(=O)N4)s3)cc21. The molecular weight excluding hydrogens is 442 g/mol. The molecular formula is C23H15N5O2S2. The van der Waals surface area contributed by atoms with Gasteiger partial charge in [0.05, 0.1) is 64.9 Å². The lowest BCUT2D eigenvalue weighted by Gasteiger charge is -2.04. The molecule has 0 fully saturated rings. The number of amides is 2. The number of carbonyl (C=O) groups excluding carboxylic acids is 2. The Morgan fingerprint density at radius 1 is 0.844 bits per heavy atom. The van der Waals surface area contributed by atoms with Gasteiger partial charge in [0.25, 0.3) is 11.8 Å². The topological polar surface area (TPSA) is 94.7 Å². The number of carbonyl (C=O) groups is 2. The quantitative estimate of drug-likeness (QED) is 0.327. The summed E-state index contributed by atoms with van der Waals surface area (Å²) in [6, 6.07) is 12.0. The van der Waals surface area contributed by atoms with Crippen molar-refractivity contribution in [3.05, 3.63) is 68.9 Å². The van der Waals surface area contributed by atoms with E-state index in [1.54, 1.807) is 11.3 Å². The summed E-state index contributed by atoms with van der Waals surface area (Å²) < 4.78 is 2.16. The number of aryl methyl sites for hydroxylation is 1. The Balaban J connectivity index is 1.34. The molecule has 156 valence electrons. The van der Waals surface area contributed by atoms with E-state index in [4.69, 9.17) is 0 Å². The van der Waals surface area contributed by atoms with Crippen LogP contribution in [0.5, 0.6) is 0 Å². The third-order valence-corrected chi connectivity index (χ3v) is 8.08. The number of nitrogens with zero attached hydrogens (tertiary/aromatic N) is 1. The van der Waals surface area contributed by atoms with Gasteiger partial charge >= 0.3 is 0 Å². The van der Waals surface area contributed by atoms with E-state index in [9.17, 15) is 9.59 Å². The van der Waals surface area contributed by atoms with Crippen molar-refractivity contribution >= 4 is 67.9 Å². The van der Waals surface area contributed by atoms with Crippen molar-refractivity contribution in [3.8, 4) is 10.6 Å². The van der Waals surface area contributed by atoms with E-state index in [1.807, 2.05) is 42.9 Å². The highest BCUT2D eigenvalue weighted by molar-refractivity contribution is 7.16. The fourth-order valence-electron chi connectivity index (χ4n) is 4.59. The van der Waals surface area contributed by atoms with Crippen molar-refractivity contribution in [3.63, 3.8) is 0 Å². The average molecular weight is 458 g/mol. The van der Waals surface area contributed by atoms with Gasteiger partial charge in [-0.05, 0) is 35.7 Å². The molecule has 0 spiro atoms. The van der Waals surface area contributed by atoms with Crippen LogP contribution in [0.2, 0.25) is 0 Å². The Morgan fingerprint density at radius 3 is 2.34 bits per heavy atom. The molecule has 0 bridgehead atoms. The fraction of sp³-hybridized carbons (Fsp3) is 0.0435. The van der Waals surface area contributed by atoms with Crippen LogP contribution >= 0.6 is 22.7 Å². The van der Waals surface area contributed by atoms with Crippen LogP contribution in [0.1, 0.15) is 9.75 Å². The minimum Gasteiger partial charge on any atom is -0.358 e. The first-order valence-electron chi connectivity index (χ1n) is 10.0. The second kappa shape index (κ2) is 6.12. The van der Waals surface area contributed by atoms with Gasteiger partial charge < -0.3 is 25.2 Å². The summed E-state index contributed by atoms with van der Waals surface area (Å²) in [7, 11) is 2.05. The van der Waals surface area contributed by atoms with Crippen LogP contribution in [0.3, 0.4) is 0 Å². The van der Waals surface area contributed by atoms with Gasteiger partial charge in [-0.2, -0.15) is 0 Å². The molecule has 7 nitrogen and oxygen atoms in total. The molecule has 9 heteroatoms. The molecule has 4 N–H and O–H groups in total. The molecule has 2 amide bonds. The maximum atomic E-state index is 12.8. The molecule has 5 aromatic rings. The van der Waals surface area contributed by atoms with Crippen LogP contribution in [0.4, 0.5) is 0 Å². The van der Waals surface area contributed by atoms with Crippen molar-refractivity contribution in [1.29, 1.82) is 0 Å². The van der Waals surface area contributed by atoms with Crippen molar-refractivity contribution in [1.82, 2.24) is 25.2 Å². The third kappa shape index (κ3) is 2.23. The zero-order chi connectivity index (χ0) is 21.6. The van der Waals surface area contributed by atoms with E-state index >= 15 is 0 Å². The molecule has 0 saturated heterocycles. The predicted octanol–water partition coefficient (Wildman–Crippen LogP) is 4.16. The highest BCUT2D eigenvalue weighted by Crippen LogP contribution is 2.41. The molecule has 0 saturated carbocycles. The maximum absolute atomic E-state index is 12.8. The van der Waals surface area contributed by atoms with Crippen LogP contribution in [-0.4, -0.2) is 26.3 Å². The Morgan fingerprint density at radius 2 is 1.59 bits per heavy atom. The van der Waals surface area contributed by atoms with Gasteiger partial charge in [0.1, 0.15) is 0 Å². The molecule has 2 aliphatic rings. The number of aromatic nitrogens is 3. The largest absolute Gasteiger partial charge is 0.358 e. The average Bonchev–Trinajstić information content (AvgIpc) is 3.61. The van der Waals surface area contributed by atoms with Gasteiger partial charge in [0, 0.05) is 13.2 Å². The lowest BCUT2D eigenvalue weighted by atomic mass is 10.1. The summed E-state index contributed by atoms with van der Waals surface area (Å²) in [6.45, 7) is 0. The summed E-state index contributed by atoms with van der Waals surface area (Å²) >= 11 is 3.04. The van der Waals surface area contributed by atoms with Gasteiger partial charge in [-0.15, -0.1) is 22.7 Å². The lowest BCUT2D eigenvalue weighted by Crippen LogP contribution is -2.20. The van der Waals surface area contributed by atoms with Gasteiger partial charge in [-0.1, -0.05) is 6.07 Å². The van der Waals surface area contributed by atoms with Gasteiger partial charge in [0.2, 0.25) is 0 Å². The highest BCUT2D eigenvalue weighted by Gasteiger charge is 2.41. The molecule has 0 atom stereocenters. The standard InChI is InChI=1S/C23H15N5O2S2/c1-28-11-6-7-24-18(11)19-12(28)9-10(25-19)13-4-5-15(32-13)21-17-16(22(29)27-21)20(26-23(17)30)14-3-2-8-31-14/h2-9,24-25H,1H3,(H,26,30)(H,27,29). The normalized spacial score (nSPS) is 16.0. The summed E-state index contributed by atoms with van der Waals surface area (Å²) in [5.74, 6) is -0.488.